The van der Waals surface area contributed by atoms with Gasteiger partial charge >= 0.3 is 7.12 Å². The highest BCUT2D eigenvalue weighted by atomic mass is 19.1. The Morgan fingerprint density at radius 1 is 1.12 bits per heavy atom. The summed E-state index contributed by atoms with van der Waals surface area (Å²) in [6.07, 6.45) is 5.42. The van der Waals surface area contributed by atoms with Gasteiger partial charge in [0, 0.05) is 11.6 Å². The Hall–Kier alpha value is -1.40. The minimum Gasteiger partial charge on any atom is -0.399 e. The Morgan fingerprint density at radius 3 is 2.32 bits per heavy atom. The van der Waals surface area contributed by atoms with Gasteiger partial charge in [-0.05, 0) is 58.1 Å². The van der Waals surface area contributed by atoms with Gasteiger partial charge in [-0.2, -0.15) is 0 Å². The van der Waals surface area contributed by atoms with Gasteiger partial charge in [0.2, 0.25) is 0 Å². The molecule has 3 rings (SSSR count). The third-order valence-corrected chi connectivity index (χ3v) is 5.71. The summed E-state index contributed by atoms with van der Waals surface area (Å²) in [5.74, 6) is -0.690. The van der Waals surface area contributed by atoms with Crippen LogP contribution in [-0.2, 0) is 9.31 Å². The Labute approximate surface area is 149 Å². The van der Waals surface area contributed by atoms with Crippen molar-refractivity contribution in [2.45, 2.75) is 77.0 Å². The summed E-state index contributed by atoms with van der Waals surface area (Å²) in [6, 6.07) is 4.37. The van der Waals surface area contributed by atoms with Crippen LogP contribution < -0.4 is 10.8 Å². The van der Waals surface area contributed by atoms with E-state index in [1.54, 1.807) is 6.07 Å². The summed E-state index contributed by atoms with van der Waals surface area (Å²) in [5.41, 5.74) is -0.149. The fraction of sp³-hybridized carbons (Fsp3) is 0.632. The number of benzene rings is 1. The number of amides is 1. The molecule has 1 saturated carbocycles. The second-order valence-electron chi connectivity index (χ2n) is 8.13. The molecule has 1 saturated heterocycles. The average molecular weight is 347 g/mol. The second-order valence-corrected chi connectivity index (χ2v) is 8.13. The van der Waals surface area contributed by atoms with E-state index in [0.29, 0.717) is 11.0 Å². The SMILES string of the molecule is CC1(C)OB(c2ccc(F)cc2C(=O)NC2CCCCC2)OC1(C)C. The van der Waals surface area contributed by atoms with Crippen LogP contribution in [0, 0.1) is 5.82 Å². The van der Waals surface area contributed by atoms with Gasteiger partial charge in [-0.25, -0.2) is 4.39 Å². The fourth-order valence-electron chi connectivity index (χ4n) is 3.41. The smallest absolute Gasteiger partial charge is 0.399 e. The molecule has 0 aromatic heterocycles. The topological polar surface area (TPSA) is 47.6 Å². The van der Waals surface area contributed by atoms with Gasteiger partial charge in [0.25, 0.3) is 5.91 Å². The first-order chi connectivity index (χ1) is 11.7. The molecule has 0 bridgehead atoms. The lowest BCUT2D eigenvalue weighted by Crippen LogP contribution is -2.43. The van der Waals surface area contributed by atoms with Crippen LogP contribution in [0.4, 0.5) is 4.39 Å². The maximum Gasteiger partial charge on any atom is 0.495 e. The summed E-state index contributed by atoms with van der Waals surface area (Å²) < 4.78 is 25.9. The van der Waals surface area contributed by atoms with E-state index in [9.17, 15) is 9.18 Å². The largest absolute Gasteiger partial charge is 0.495 e. The molecule has 25 heavy (non-hydrogen) atoms. The van der Waals surface area contributed by atoms with E-state index >= 15 is 0 Å². The third kappa shape index (κ3) is 3.75. The van der Waals surface area contributed by atoms with Crippen molar-refractivity contribution in [3.63, 3.8) is 0 Å². The minimum atomic E-state index is -0.683. The normalized spacial score (nSPS) is 22.8. The summed E-state index contributed by atoms with van der Waals surface area (Å²) in [4.78, 5) is 12.8. The van der Waals surface area contributed by atoms with Gasteiger partial charge in [0.05, 0.1) is 11.2 Å². The molecule has 136 valence electrons. The highest BCUT2D eigenvalue weighted by Gasteiger charge is 2.52. The van der Waals surface area contributed by atoms with Crippen LogP contribution >= 0.6 is 0 Å². The second kappa shape index (κ2) is 6.73. The predicted molar refractivity (Wildman–Crippen MR) is 96.5 cm³/mol. The fourth-order valence-corrected chi connectivity index (χ4v) is 3.41. The van der Waals surface area contributed by atoms with Crippen molar-refractivity contribution in [2.75, 3.05) is 0 Å². The molecule has 2 fully saturated rings. The molecular formula is C19H27BFNO3. The van der Waals surface area contributed by atoms with Crippen LogP contribution in [0.2, 0.25) is 0 Å². The monoisotopic (exact) mass is 347 g/mol. The van der Waals surface area contributed by atoms with E-state index in [-0.39, 0.29) is 11.9 Å². The number of carbonyl (C=O) groups is 1. The lowest BCUT2D eigenvalue weighted by molar-refractivity contribution is 0.00578. The van der Waals surface area contributed by atoms with Gasteiger partial charge in [-0.1, -0.05) is 25.3 Å². The molecule has 1 aliphatic carbocycles. The first kappa shape index (κ1) is 18.4. The maximum atomic E-state index is 13.8. The number of rotatable bonds is 3. The molecule has 1 aliphatic heterocycles. The summed E-state index contributed by atoms with van der Waals surface area (Å²) in [5, 5.41) is 3.05. The van der Waals surface area contributed by atoms with E-state index in [0.717, 1.165) is 25.7 Å². The highest BCUT2D eigenvalue weighted by molar-refractivity contribution is 6.63. The molecule has 2 aliphatic rings. The molecular weight excluding hydrogens is 320 g/mol. The molecule has 4 nitrogen and oxygen atoms in total. The highest BCUT2D eigenvalue weighted by Crippen LogP contribution is 2.36. The Bertz CT molecular complexity index is 640. The molecule has 1 aromatic carbocycles. The lowest BCUT2D eigenvalue weighted by atomic mass is 9.75. The van der Waals surface area contributed by atoms with Crippen molar-refractivity contribution in [1.29, 1.82) is 0 Å². The van der Waals surface area contributed by atoms with Gasteiger partial charge < -0.3 is 14.6 Å². The van der Waals surface area contributed by atoms with Crippen LogP contribution in [0.3, 0.4) is 0 Å². The van der Waals surface area contributed by atoms with Gasteiger partial charge in [-0.3, -0.25) is 4.79 Å². The molecule has 6 heteroatoms. The van der Waals surface area contributed by atoms with Crippen molar-refractivity contribution >= 4 is 18.5 Å². The van der Waals surface area contributed by atoms with Gasteiger partial charge in [0.1, 0.15) is 5.82 Å². The first-order valence-corrected chi connectivity index (χ1v) is 9.15. The van der Waals surface area contributed by atoms with Crippen LogP contribution in [-0.4, -0.2) is 30.3 Å². The van der Waals surface area contributed by atoms with Gasteiger partial charge in [-0.15, -0.1) is 0 Å². The molecule has 0 radical (unpaired) electrons. The predicted octanol–water partition coefficient (Wildman–Crippen LogP) is 3.19. The van der Waals surface area contributed by atoms with E-state index in [1.165, 1.54) is 18.6 Å². The molecule has 0 unspecified atom stereocenters. The summed E-state index contributed by atoms with van der Waals surface area (Å²) in [7, 11) is -0.683. The number of hydrogen-bond acceptors (Lipinski definition) is 3. The third-order valence-electron chi connectivity index (χ3n) is 5.71. The number of carbonyl (C=O) groups excluding carboxylic acids is 1. The molecule has 1 N–H and O–H groups in total. The Balaban J connectivity index is 1.85. The van der Waals surface area contributed by atoms with E-state index in [4.69, 9.17) is 9.31 Å². The van der Waals surface area contributed by atoms with Crippen molar-refractivity contribution in [3.8, 4) is 0 Å². The molecule has 1 heterocycles. The van der Waals surface area contributed by atoms with Crippen molar-refractivity contribution < 1.29 is 18.5 Å². The number of halogens is 1. The standard InChI is InChI=1S/C19H27BFNO3/c1-18(2)19(3,4)25-20(24-18)16-11-10-13(21)12-15(16)17(23)22-14-8-6-5-7-9-14/h10-12,14H,5-9H2,1-4H3,(H,22,23). The quantitative estimate of drug-likeness (QED) is 0.855. The van der Waals surface area contributed by atoms with Crippen LogP contribution in [0.15, 0.2) is 18.2 Å². The minimum absolute atomic E-state index is 0.163. The van der Waals surface area contributed by atoms with Gasteiger partial charge in [0.15, 0.2) is 0 Å². The zero-order valence-corrected chi connectivity index (χ0v) is 15.5. The van der Waals surface area contributed by atoms with E-state index < -0.39 is 24.1 Å². The first-order valence-electron chi connectivity index (χ1n) is 9.15. The van der Waals surface area contributed by atoms with Crippen molar-refractivity contribution in [3.05, 3.63) is 29.6 Å². The van der Waals surface area contributed by atoms with Crippen molar-refractivity contribution in [2.24, 2.45) is 0 Å². The van der Waals surface area contributed by atoms with Crippen molar-refractivity contribution in [1.82, 2.24) is 5.32 Å². The maximum absolute atomic E-state index is 13.8. The average Bonchev–Trinajstić information content (AvgIpc) is 2.76. The molecule has 1 aromatic rings. The lowest BCUT2D eigenvalue weighted by Gasteiger charge is -2.32. The van der Waals surface area contributed by atoms with E-state index in [1.807, 2.05) is 27.7 Å². The van der Waals surface area contributed by atoms with Crippen LogP contribution in [0.5, 0.6) is 0 Å². The number of nitrogens with one attached hydrogen (secondary N) is 1. The zero-order chi connectivity index (χ0) is 18.2. The summed E-state index contributed by atoms with van der Waals surface area (Å²) >= 11 is 0. The molecule has 0 atom stereocenters. The Kier molecular flexibility index (Phi) is 4.95. The van der Waals surface area contributed by atoms with Crippen LogP contribution in [0.1, 0.15) is 70.2 Å². The zero-order valence-electron chi connectivity index (χ0n) is 15.5. The molecule has 0 spiro atoms. The molecule has 1 amide bonds. The van der Waals surface area contributed by atoms with E-state index in [2.05, 4.69) is 5.32 Å². The number of hydrogen-bond donors (Lipinski definition) is 1. The van der Waals surface area contributed by atoms with Crippen LogP contribution in [0.25, 0.3) is 0 Å². The Morgan fingerprint density at radius 2 is 1.72 bits per heavy atom. The summed E-state index contributed by atoms with van der Waals surface area (Å²) in [6.45, 7) is 7.83.